The Kier molecular flexibility index (Phi) is 3.78. The SMILES string of the molecule is NCCN1CCC(c2ccc(Br)cc2)C1. The lowest BCUT2D eigenvalue weighted by Crippen LogP contribution is -2.26. The zero-order chi connectivity index (χ0) is 10.7. The van der Waals surface area contributed by atoms with Crippen molar-refractivity contribution in [2.45, 2.75) is 12.3 Å². The van der Waals surface area contributed by atoms with Gasteiger partial charge in [-0.1, -0.05) is 28.1 Å². The first-order valence-corrected chi connectivity index (χ1v) is 6.27. The van der Waals surface area contributed by atoms with Crippen molar-refractivity contribution in [3.05, 3.63) is 34.3 Å². The minimum atomic E-state index is 0.699. The van der Waals surface area contributed by atoms with E-state index in [0.717, 1.165) is 17.6 Å². The summed E-state index contributed by atoms with van der Waals surface area (Å²) in [5.41, 5.74) is 7.02. The molecule has 2 nitrogen and oxygen atoms in total. The molecule has 1 aromatic carbocycles. The highest BCUT2D eigenvalue weighted by Crippen LogP contribution is 2.27. The Balaban J connectivity index is 1.98. The van der Waals surface area contributed by atoms with Crippen LogP contribution in [0.1, 0.15) is 17.9 Å². The summed E-state index contributed by atoms with van der Waals surface area (Å²) in [5, 5.41) is 0. The second-order valence-corrected chi connectivity index (χ2v) is 5.04. The van der Waals surface area contributed by atoms with E-state index in [-0.39, 0.29) is 0 Å². The van der Waals surface area contributed by atoms with Gasteiger partial charge in [0.2, 0.25) is 0 Å². The first-order chi connectivity index (χ1) is 7.29. The van der Waals surface area contributed by atoms with Crippen LogP contribution in [0.4, 0.5) is 0 Å². The van der Waals surface area contributed by atoms with E-state index in [1.54, 1.807) is 0 Å². The molecule has 2 N–H and O–H groups in total. The highest BCUT2D eigenvalue weighted by molar-refractivity contribution is 9.10. The monoisotopic (exact) mass is 268 g/mol. The molecule has 1 fully saturated rings. The molecule has 3 heteroatoms. The quantitative estimate of drug-likeness (QED) is 0.911. The number of rotatable bonds is 3. The van der Waals surface area contributed by atoms with Crippen LogP contribution in [0.3, 0.4) is 0 Å². The zero-order valence-electron chi connectivity index (χ0n) is 8.82. The number of benzene rings is 1. The van der Waals surface area contributed by atoms with Crippen molar-refractivity contribution in [3.63, 3.8) is 0 Å². The van der Waals surface area contributed by atoms with Crippen LogP contribution in [-0.2, 0) is 0 Å². The molecule has 1 unspecified atom stereocenters. The van der Waals surface area contributed by atoms with Crippen molar-refractivity contribution < 1.29 is 0 Å². The van der Waals surface area contributed by atoms with E-state index in [1.165, 1.54) is 25.1 Å². The molecule has 0 amide bonds. The smallest absolute Gasteiger partial charge is 0.0175 e. The molecule has 0 spiro atoms. The van der Waals surface area contributed by atoms with Gasteiger partial charge < -0.3 is 10.6 Å². The van der Waals surface area contributed by atoms with E-state index in [0.29, 0.717) is 5.92 Å². The van der Waals surface area contributed by atoms with Crippen molar-refractivity contribution >= 4 is 15.9 Å². The number of likely N-dealkylation sites (tertiary alicyclic amines) is 1. The normalized spacial score (nSPS) is 22.1. The van der Waals surface area contributed by atoms with E-state index in [4.69, 9.17) is 5.73 Å². The molecule has 15 heavy (non-hydrogen) atoms. The van der Waals surface area contributed by atoms with Gasteiger partial charge in [-0.2, -0.15) is 0 Å². The summed E-state index contributed by atoms with van der Waals surface area (Å²) >= 11 is 3.46. The van der Waals surface area contributed by atoms with Crippen LogP contribution in [0.2, 0.25) is 0 Å². The Labute approximate surface area is 99.6 Å². The average Bonchev–Trinajstić information content (AvgIpc) is 2.68. The highest BCUT2D eigenvalue weighted by atomic mass is 79.9. The maximum Gasteiger partial charge on any atom is 0.0175 e. The molecular weight excluding hydrogens is 252 g/mol. The van der Waals surface area contributed by atoms with Gasteiger partial charge in [-0.25, -0.2) is 0 Å². The predicted octanol–water partition coefficient (Wildman–Crippen LogP) is 2.20. The van der Waals surface area contributed by atoms with Gasteiger partial charge in [-0.05, 0) is 36.6 Å². The number of nitrogens with zero attached hydrogens (tertiary/aromatic N) is 1. The molecule has 1 atom stereocenters. The molecule has 0 aliphatic carbocycles. The van der Waals surface area contributed by atoms with Crippen LogP contribution in [0.5, 0.6) is 0 Å². The largest absolute Gasteiger partial charge is 0.329 e. The van der Waals surface area contributed by atoms with Crippen LogP contribution in [0, 0.1) is 0 Å². The molecule has 1 heterocycles. The van der Waals surface area contributed by atoms with Crippen LogP contribution in [0.15, 0.2) is 28.7 Å². The minimum absolute atomic E-state index is 0.699. The Morgan fingerprint density at radius 2 is 2.07 bits per heavy atom. The molecule has 1 aliphatic heterocycles. The Morgan fingerprint density at radius 3 is 2.73 bits per heavy atom. The average molecular weight is 269 g/mol. The fraction of sp³-hybridized carbons (Fsp3) is 0.500. The lowest BCUT2D eigenvalue weighted by atomic mass is 9.99. The maximum absolute atomic E-state index is 5.56. The minimum Gasteiger partial charge on any atom is -0.329 e. The lowest BCUT2D eigenvalue weighted by molar-refractivity contribution is 0.344. The molecule has 82 valence electrons. The number of halogens is 1. The van der Waals surface area contributed by atoms with E-state index >= 15 is 0 Å². The fourth-order valence-corrected chi connectivity index (χ4v) is 2.49. The van der Waals surface area contributed by atoms with Crippen LogP contribution < -0.4 is 5.73 Å². The predicted molar refractivity (Wildman–Crippen MR) is 67.0 cm³/mol. The highest BCUT2D eigenvalue weighted by Gasteiger charge is 2.22. The molecule has 1 aromatic rings. The van der Waals surface area contributed by atoms with Gasteiger partial charge in [-0.15, -0.1) is 0 Å². The van der Waals surface area contributed by atoms with E-state index in [9.17, 15) is 0 Å². The van der Waals surface area contributed by atoms with Gasteiger partial charge in [0.1, 0.15) is 0 Å². The van der Waals surface area contributed by atoms with Crippen molar-refractivity contribution in [2.75, 3.05) is 26.2 Å². The van der Waals surface area contributed by atoms with Crippen molar-refractivity contribution in [1.29, 1.82) is 0 Å². The summed E-state index contributed by atoms with van der Waals surface area (Å²) in [6, 6.07) is 8.70. The summed E-state index contributed by atoms with van der Waals surface area (Å²) in [6.07, 6.45) is 1.27. The van der Waals surface area contributed by atoms with Gasteiger partial charge in [-0.3, -0.25) is 0 Å². The van der Waals surface area contributed by atoms with Gasteiger partial charge in [0, 0.05) is 24.1 Å². The first-order valence-electron chi connectivity index (χ1n) is 5.47. The summed E-state index contributed by atoms with van der Waals surface area (Å²) < 4.78 is 1.16. The van der Waals surface area contributed by atoms with E-state index in [2.05, 4.69) is 45.1 Å². The van der Waals surface area contributed by atoms with E-state index in [1.807, 2.05) is 0 Å². The third-order valence-electron chi connectivity index (χ3n) is 3.06. The fourth-order valence-electron chi connectivity index (χ4n) is 2.23. The van der Waals surface area contributed by atoms with Crippen molar-refractivity contribution in [3.8, 4) is 0 Å². The molecule has 0 radical (unpaired) electrons. The molecular formula is C12H17BrN2. The standard InChI is InChI=1S/C12H17BrN2/c13-12-3-1-10(2-4-12)11-5-7-15(9-11)8-6-14/h1-4,11H,5-9,14H2. The molecule has 1 aliphatic rings. The third-order valence-corrected chi connectivity index (χ3v) is 3.59. The van der Waals surface area contributed by atoms with Gasteiger partial charge in [0.05, 0.1) is 0 Å². The first kappa shape index (κ1) is 11.1. The van der Waals surface area contributed by atoms with Crippen LogP contribution in [0.25, 0.3) is 0 Å². The van der Waals surface area contributed by atoms with Crippen LogP contribution >= 0.6 is 15.9 Å². The second kappa shape index (κ2) is 5.10. The van der Waals surface area contributed by atoms with Crippen molar-refractivity contribution in [1.82, 2.24) is 4.90 Å². The van der Waals surface area contributed by atoms with Gasteiger partial charge in [0.25, 0.3) is 0 Å². The lowest BCUT2D eigenvalue weighted by Gasteiger charge is -2.14. The Morgan fingerprint density at radius 1 is 1.33 bits per heavy atom. The molecule has 0 saturated carbocycles. The molecule has 0 bridgehead atoms. The van der Waals surface area contributed by atoms with Crippen LogP contribution in [-0.4, -0.2) is 31.1 Å². The molecule has 1 saturated heterocycles. The summed E-state index contributed by atoms with van der Waals surface area (Å²) in [6.45, 7) is 4.16. The third kappa shape index (κ3) is 2.80. The summed E-state index contributed by atoms with van der Waals surface area (Å²) in [7, 11) is 0. The Bertz CT molecular complexity index is 310. The summed E-state index contributed by atoms with van der Waals surface area (Å²) in [4.78, 5) is 2.45. The maximum atomic E-state index is 5.56. The second-order valence-electron chi connectivity index (χ2n) is 4.13. The zero-order valence-corrected chi connectivity index (χ0v) is 10.4. The number of hydrogen-bond acceptors (Lipinski definition) is 2. The molecule has 2 rings (SSSR count). The summed E-state index contributed by atoms with van der Waals surface area (Å²) in [5.74, 6) is 0.699. The topological polar surface area (TPSA) is 29.3 Å². The number of hydrogen-bond donors (Lipinski definition) is 1. The van der Waals surface area contributed by atoms with Gasteiger partial charge in [0.15, 0.2) is 0 Å². The Hall–Kier alpha value is -0.380. The number of nitrogens with two attached hydrogens (primary N) is 1. The van der Waals surface area contributed by atoms with E-state index < -0.39 is 0 Å². The van der Waals surface area contributed by atoms with Gasteiger partial charge >= 0.3 is 0 Å². The molecule has 0 aromatic heterocycles. The van der Waals surface area contributed by atoms with Crippen molar-refractivity contribution in [2.24, 2.45) is 5.73 Å².